The topological polar surface area (TPSA) is 67.2 Å². The number of benzene rings is 1. The number of hydrogen-bond donors (Lipinski definition) is 3. The molecular weight excluding hydrogens is 209 g/mol. The summed E-state index contributed by atoms with van der Waals surface area (Å²) >= 11 is 0. The smallest absolute Gasteiger partial charge is 0.239 e. The molecule has 0 fully saturated rings. The summed E-state index contributed by atoms with van der Waals surface area (Å²) in [6.45, 7) is 3.88. The maximum Gasteiger partial charge on any atom is 0.239 e. The highest BCUT2D eigenvalue weighted by Gasteiger charge is 2.05. The average Bonchev–Trinajstić information content (AvgIpc) is 2.15. The molecule has 0 radical (unpaired) electrons. The van der Waals surface area contributed by atoms with E-state index in [-0.39, 0.29) is 24.2 Å². The molecule has 0 aromatic heterocycles. The maximum absolute atomic E-state index is 12.7. The van der Waals surface area contributed by atoms with Gasteiger partial charge >= 0.3 is 0 Å². The van der Waals surface area contributed by atoms with Gasteiger partial charge in [0.15, 0.2) is 0 Å². The first-order valence-corrected chi connectivity index (χ1v) is 5.07. The number of nitrogen functional groups attached to an aromatic ring is 1. The third-order valence-electron chi connectivity index (χ3n) is 1.90. The van der Waals surface area contributed by atoms with Crippen molar-refractivity contribution in [2.24, 2.45) is 0 Å². The van der Waals surface area contributed by atoms with Crippen LogP contribution in [0.3, 0.4) is 0 Å². The van der Waals surface area contributed by atoms with Crippen LogP contribution in [0.25, 0.3) is 0 Å². The Kier molecular flexibility index (Phi) is 4.10. The van der Waals surface area contributed by atoms with Crippen molar-refractivity contribution in [2.45, 2.75) is 19.9 Å². The second-order valence-corrected chi connectivity index (χ2v) is 3.81. The van der Waals surface area contributed by atoms with Gasteiger partial charge in [-0.2, -0.15) is 0 Å². The van der Waals surface area contributed by atoms with Gasteiger partial charge in [0.25, 0.3) is 0 Å². The monoisotopic (exact) mass is 225 g/mol. The molecule has 16 heavy (non-hydrogen) atoms. The normalized spacial score (nSPS) is 10.2. The molecule has 1 amide bonds. The Balaban J connectivity index is 2.51. The Hall–Kier alpha value is -1.78. The van der Waals surface area contributed by atoms with E-state index in [1.807, 2.05) is 13.8 Å². The van der Waals surface area contributed by atoms with Gasteiger partial charge in [0.1, 0.15) is 5.82 Å². The van der Waals surface area contributed by atoms with Gasteiger partial charge in [-0.3, -0.25) is 4.79 Å². The molecule has 1 aromatic rings. The zero-order chi connectivity index (χ0) is 12.1. The van der Waals surface area contributed by atoms with Crippen LogP contribution in [0, 0.1) is 5.82 Å². The molecule has 88 valence electrons. The molecule has 4 nitrogen and oxygen atoms in total. The van der Waals surface area contributed by atoms with Crippen LogP contribution in [-0.4, -0.2) is 18.5 Å². The lowest BCUT2D eigenvalue weighted by molar-refractivity contribution is -0.119. The lowest BCUT2D eigenvalue weighted by atomic mass is 10.2. The molecule has 1 rings (SSSR count). The summed E-state index contributed by atoms with van der Waals surface area (Å²) in [6.07, 6.45) is 0. The second kappa shape index (κ2) is 5.34. The first-order chi connectivity index (χ1) is 7.49. The lowest BCUT2D eigenvalue weighted by Crippen LogP contribution is -2.34. The van der Waals surface area contributed by atoms with Crippen molar-refractivity contribution < 1.29 is 9.18 Å². The molecule has 0 aliphatic carbocycles. The van der Waals surface area contributed by atoms with Crippen LogP contribution in [0.1, 0.15) is 13.8 Å². The predicted octanol–water partition coefficient (Wildman–Crippen LogP) is 1.34. The van der Waals surface area contributed by atoms with Gasteiger partial charge in [-0.1, -0.05) is 0 Å². The summed E-state index contributed by atoms with van der Waals surface area (Å²) in [7, 11) is 0. The average molecular weight is 225 g/mol. The number of halogens is 1. The van der Waals surface area contributed by atoms with Gasteiger partial charge < -0.3 is 16.4 Å². The van der Waals surface area contributed by atoms with Crippen LogP contribution in [0.15, 0.2) is 18.2 Å². The van der Waals surface area contributed by atoms with Crippen molar-refractivity contribution in [3.63, 3.8) is 0 Å². The highest BCUT2D eigenvalue weighted by molar-refractivity contribution is 5.82. The molecule has 0 spiro atoms. The van der Waals surface area contributed by atoms with Crippen LogP contribution in [-0.2, 0) is 4.79 Å². The number of hydrogen-bond acceptors (Lipinski definition) is 3. The van der Waals surface area contributed by atoms with Crippen LogP contribution < -0.4 is 16.4 Å². The van der Waals surface area contributed by atoms with Crippen LogP contribution >= 0.6 is 0 Å². The third kappa shape index (κ3) is 3.76. The van der Waals surface area contributed by atoms with Crippen molar-refractivity contribution in [1.29, 1.82) is 0 Å². The zero-order valence-electron chi connectivity index (χ0n) is 9.38. The summed E-state index contributed by atoms with van der Waals surface area (Å²) in [5, 5.41) is 5.57. The van der Waals surface area contributed by atoms with E-state index < -0.39 is 5.82 Å². The van der Waals surface area contributed by atoms with Crippen molar-refractivity contribution in [3.8, 4) is 0 Å². The van der Waals surface area contributed by atoms with Gasteiger partial charge in [-0.25, -0.2) is 4.39 Å². The molecule has 0 saturated carbocycles. The largest absolute Gasteiger partial charge is 0.397 e. The maximum atomic E-state index is 12.7. The highest BCUT2D eigenvalue weighted by atomic mass is 19.1. The van der Waals surface area contributed by atoms with E-state index >= 15 is 0 Å². The summed E-state index contributed by atoms with van der Waals surface area (Å²) in [5.41, 5.74) is 6.42. The fraction of sp³-hybridized carbons (Fsp3) is 0.364. The molecule has 0 heterocycles. The van der Waals surface area contributed by atoms with Gasteiger partial charge in [-0.05, 0) is 32.0 Å². The molecule has 0 saturated heterocycles. The van der Waals surface area contributed by atoms with Crippen LogP contribution in [0.2, 0.25) is 0 Å². The highest BCUT2D eigenvalue weighted by Crippen LogP contribution is 2.18. The number of nitrogens with two attached hydrogens (primary N) is 1. The van der Waals surface area contributed by atoms with Gasteiger partial charge in [-0.15, -0.1) is 0 Å². The SMILES string of the molecule is CC(C)NC(=O)CNc1ccc(F)cc1N. The Bertz CT molecular complexity index is 379. The third-order valence-corrected chi connectivity index (χ3v) is 1.90. The molecule has 4 N–H and O–H groups in total. The first-order valence-electron chi connectivity index (χ1n) is 5.07. The Morgan fingerprint density at radius 1 is 1.50 bits per heavy atom. The van der Waals surface area contributed by atoms with Crippen LogP contribution in [0.5, 0.6) is 0 Å². The molecule has 5 heteroatoms. The number of amides is 1. The zero-order valence-corrected chi connectivity index (χ0v) is 9.38. The minimum atomic E-state index is -0.394. The Labute approximate surface area is 94.0 Å². The number of rotatable bonds is 4. The van der Waals surface area contributed by atoms with Crippen molar-refractivity contribution >= 4 is 17.3 Å². The van der Waals surface area contributed by atoms with E-state index in [2.05, 4.69) is 10.6 Å². The van der Waals surface area contributed by atoms with Gasteiger partial charge in [0.05, 0.1) is 17.9 Å². The van der Waals surface area contributed by atoms with E-state index in [9.17, 15) is 9.18 Å². The van der Waals surface area contributed by atoms with E-state index in [1.165, 1.54) is 18.2 Å². The predicted molar refractivity (Wildman–Crippen MR) is 62.6 cm³/mol. The van der Waals surface area contributed by atoms with E-state index in [4.69, 9.17) is 5.73 Å². The van der Waals surface area contributed by atoms with Crippen molar-refractivity contribution in [2.75, 3.05) is 17.6 Å². The molecule has 0 aliphatic heterocycles. The number of carbonyl (C=O) groups is 1. The molecule has 0 unspecified atom stereocenters. The molecule has 0 bridgehead atoms. The minimum Gasteiger partial charge on any atom is -0.397 e. The summed E-state index contributed by atoms with van der Waals surface area (Å²) in [6, 6.07) is 4.11. The fourth-order valence-electron chi connectivity index (χ4n) is 1.24. The van der Waals surface area contributed by atoms with Gasteiger partial charge in [0.2, 0.25) is 5.91 Å². The standard InChI is InChI=1S/C11H16FN3O/c1-7(2)15-11(16)6-14-10-4-3-8(12)5-9(10)13/h3-5,7,14H,6,13H2,1-2H3,(H,15,16). The number of nitrogens with one attached hydrogen (secondary N) is 2. The number of anilines is 2. The van der Waals surface area contributed by atoms with Crippen molar-refractivity contribution in [3.05, 3.63) is 24.0 Å². The minimum absolute atomic E-state index is 0.0971. The van der Waals surface area contributed by atoms with E-state index in [0.717, 1.165) is 0 Å². The molecule has 1 aromatic carbocycles. The second-order valence-electron chi connectivity index (χ2n) is 3.81. The number of carbonyl (C=O) groups excluding carboxylic acids is 1. The quantitative estimate of drug-likeness (QED) is 0.677. The van der Waals surface area contributed by atoms with Crippen LogP contribution in [0.4, 0.5) is 15.8 Å². The summed E-state index contributed by atoms with van der Waals surface area (Å²) < 4.78 is 12.7. The lowest BCUT2D eigenvalue weighted by Gasteiger charge is -2.11. The van der Waals surface area contributed by atoms with Gasteiger partial charge in [0, 0.05) is 6.04 Å². The Morgan fingerprint density at radius 3 is 2.75 bits per heavy atom. The fourth-order valence-corrected chi connectivity index (χ4v) is 1.24. The Morgan fingerprint density at radius 2 is 2.19 bits per heavy atom. The summed E-state index contributed by atoms with van der Waals surface area (Å²) in [5.74, 6) is -0.520. The summed E-state index contributed by atoms with van der Waals surface area (Å²) in [4.78, 5) is 11.3. The van der Waals surface area contributed by atoms with E-state index in [1.54, 1.807) is 0 Å². The first kappa shape index (κ1) is 12.3. The van der Waals surface area contributed by atoms with Crippen molar-refractivity contribution in [1.82, 2.24) is 5.32 Å². The molecule has 0 atom stereocenters. The molecular formula is C11H16FN3O. The molecule has 0 aliphatic rings. The van der Waals surface area contributed by atoms with E-state index in [0.29, 0.717) is 5.69 Å².